The first-order valence-electron chi connectivity index (χ1n) is 5.88. The molecule has 0 amide bonds. The third kappa shape index (κ3) is 3.19. The second-order valence-electron chi connectivity index (χ2n) is 4.18. The van der Waals surface area contributed by atoms with E-state index in [9.17, 15) is 0 Å². The lowest BCUT2D eigenvalue weighted by molar-refractivity contribution is 0.393. The quantitative estimate of drug-likeness (QED) is 0.931. The maximum Gasteiger partial charge on any atom is 0.122 e. The summed E-state index contributed by atoms with van der Waals surface area (Å²) in [6.45, 7) is 0. The molecule has 0 heterocycles. The monoisotopic (exact) mass is 277 g/mol. The van der Waals surface area contributed by atoms with Crippen LogP contribution >= 0.6 is 11.6 Å². The minimum Gasteiger partial charge on any atom is -0.497 e. The van der Waals surface area contributed by atoms with E-state index >= 15 is 0 Å². The van der Waals surface area contributed by atoms with Crippen molar-refractivity contribution >= 4 is 11.6 Å². The summed E-state index contributed by atoms with van der Waals surface area (Å²) >= 11 is 5.88. The average Bonchev–Trinajstić information content (AvgIpc) is 2.46. The van der Waals surface area contributed by atoms with Crippen molar-refractivity contribution in [3.63, 3.8) is 0 Å². The Morgan fingerprint density at radius 2 is 1.42 bits per heavy atom. The van der Waals surface area contributed by atoms with Crippen molar-refractivity contribution in [1.29, 1.82) is 0 Å². The first-order chi connectivity index (χ1) is 9.13. The van der Waals surface area contributed by atoms with Gasteiger partial charge in [-0.3, -0.25) is 0 Å². The van der Waals surface area contributed by atoms with E-state index in [1.165, 1.54) is 0 Å². The number of hydrogen-bond donors (Lipinski definition) is 1. The Morgan fingerprint density at radius 3 is 1.89 bits per heavy atom. The van der Waals surface area contributed by atoms with Crippen LogP contribution in [-0.2, 0) is 0 Å². The van der Waals surface area contributed by atoms with Gasteiger partial charge in [-0.1, -0.05) is 23.7 Å². The van der Waals surface area contributed by atoms with Gasteiger partial charge < -0.3 is 15.2 Å². The van der Waals surface area contributed by atoms with E-state index in [1.807, 2.05) is 42.5 Å². The van der Waals surface area contributed by atoms with Gasteiger partial charge in [-0.2, -0.15) is 0 Å². The van der Waals surface area contributed by atoms with Crippen molar-refractivity contribution in [2.45, 2.75) is 6.04 Å². The van der Waals surface area contributed by atoms with E-state index < -0.39 is 0 Å². The summed E-state index contributed by atoms with van der Waals surface area (Å²) in [6, 6.07) is 12.9. The van der Waals surface area contributed by atoms with Gasteiger partial charge in [-0.05, 0) is 35.4 Å². The normalized spacial score (nSPS) is 12.0. The van der Waals surface area contributed by atoms with Crippen LogP contribution in [0.4, 0.5) is 0 Å². The lowest BCUT2D eigenvalue weighted by Gasteiger charge is -2.15. The molecule has 0 aromatic heterocycles. The SMILES string of the molecule is COc1cc(OC)cc(C(N)c2ccc(Cl)cc2)c1. The predicted octanol–water partition coefficient (Wildman–Crippen LogP) is 3.41. The summed E-state index contributed by atoms with van der Waals surface area (Å²) in [4.78, 5) is 0. The first-order valence-corrected chi connectivity index (χ1v) is 6.26. The highest BCUT2D eigenvalue weighted by atomic mass is 35.5. The van der Waals surface area contributed by atoms with Crippen molar-refractivity contribution in [2.24, 2.45) is 5.73 Å². The molecule has 2 rings (SSSR count). The summed E-state index contributed by atoms with van der Waals surface area (Å²) in [5.41, 5.74) is 8.17. The molecule has 0 spiro atoms. The van der Waals surface area contributed by atoms with Gasteiger partial charge in [0.1, 0.15) is 11.5 Å². The number of halogens is 1. The van der Waals surface area contributed by atoms with Gasteiger partial charge in [0.05, 0.1) is 20.3 Å². The third-order valence-corrected chi connectivity index (χ3v) is 3.21. The number of rotatable bonds is 4. The maximum absolute atomic E-state index is 6.26. The van der Waals surface area contributed by atoms with E-state index in [-0.39, 0.29) is 6.04 Å². The fourth-order valence-electron chi connectivity index (χ4n) is 1.87. The Balaban J connectivity index is 2.37. The van der Waals surface area contributed by atoms with Crippen LogP contribution in [0.3, 0.4) is 0 Å². The molecule has 1 atom stereocenters. The van der Waals surface area contributed by atoms with Crippen LogP contribution in [0.5, 0.6) is 11.5 Å². The molecule has 0 saturated carbocycles. The molecule has 2 aromatic carbocycles. The topological polar surface area (TPSA) is 44.5 Å². The van der Waals surface area contributed by atoms with E-state index in [0.717, 1.165) is 22.6 Å². The van der Waals surface area contributed by atoms with Gasteiger partial charge in [0, 0.05) is 11.1 Å². The van der Waals surface area contributed by atoms with Crippen LogP contribution in [0.15, 0.2) is 42.5 Å². The number of ether oxygens (including phenoxy) is 2. The Bertz CT molecular complexity index is 532. The molecule has 2 aromatic rings. The Hall–Kier alpha value is -1.71. The third-order valence-electron chi connectivity index (χ3n) is 2.96. The minimum absolute atomic E-state index is 0.249. The summed E-state index contributed by atoms with van der Waals surface area (Å²) in [7, 11) is 3.23. The zero-order valence-corrected chi connectivity index (χ0v) is 11.6. The minimum atomic E-state index is -0.249. The molecule has 19 heavy (non-hydrogen) atoms. The fraction of sp³-hybridized carbons (Fsp3) is 0.200. The van der Waals surface area contributed by atoms with Gasteiger partial charge in [0.15, 0.2) is 0 Å². The largest absolute Gasteiger partial charge is 0.497 e. The number of benzene rings is 2. The van der Waals surface area contributed by atoms with Crippen molar-refractivity contribution in [3.8, 4) is 11.5 Å². The highest BCUT2D eigenvalue weighted by Gasteiger charge is 2.11. The number of methoxy groups -OCH3 is 2. The number of nitrogens with two attached hydrogens (primary N) is 1. The zero-order chi connectivity index (χ0) is 13.8. The molecule has 3 nitrogen and oxygen atoms in total. The van der Waals surface area contributed by atoms with E-state index in [0.29, 0.717) is 5.02 Å². The molecule has 2 N–H and O–H groups in total. The smallest absolute Gasteiger partial charge is 0.122 e. The van der Waals surface area contributed by atoms with Crippen molar-refractivity contribution in [1.82, 2.24) is 0 Å². The standard InChI is InChI=1S/C15H16ClNO2/c1-18-13-7-11(8-14(9-13)19-2)15(17)10-3-5-12(16)6-4-10/h3-9,15H,17H2,1-2H3. The molecule has 0 radical (unpaired) electrons. The second kappa shape index (κ2) is 5.95. The van der Waals surface area contributed by atoms with Crippen LogP contribution in [0, 0.1) is 0 Å². The van der Waals surface area contributed by atoms with Crippen molar-refractivity contribution in [2.75, 3.05) is 14.2 Å². The molecule has 1 unspecified atom stereocenters. The summed E-state index contributed by atoms with van der Waals surface area (Å²) in [5, 5.41) is 0.694. The van der Waals surface area contributed by atoms with E-state index in [1.54, 1.807) is 14.2 Å². The molecule has 0 saturated heterocycles. The molecular weight excluding hydrogens is 262 g/mol. The van der Waals surface area contributed by atoms with Crippen molar-refractivity contribution < 1.29 is 9.47 Å². The second-order valence-corrected chi connectivity index (χ2v) is 4.61. The van der Waals surface area contributed by atoms with Crippen LogP contribution in [0.1, 0.15) is 17.2 Å². The molecular formula is C15H16ClNO2. The van der Waals surface area contributed by atoms with Gasteiger partial charge in [-0.25, -0.2) is 0 Å². The summed E-state index contributed by atoms with van der Waals surface area (Å²) < 4.78 is 10.5. The molecule has 0 fully saturated rings. The van der Waals surface area contributed by atoms with E-state index in [2.05, 4.69) is 0 Å². The lowest BCUT2D eigenvalue weighted by Crippen LogP contribution is -2.12. The molecule has 0 bridgehead atoms. The highest BCUT2D eigenvalue weighted by molar-refractivity contribution is 6.30. The fourth-order valence-corrected chi connectivity index (χ4v) is 2.00. The Labute approximate surface area is 117 Å². The van der Waals surface area contributed by atoms with Crippen molar-refractivity contribution in [3.05, 3.63) is 58.6 Å². The van der Waals surface area contributed by atoms with Crippen LogP contribution in [-0.4, -0.2) is 14.2 Å². The van der Waals surface area contributed by atoms with Crippen LogP contribution in [0.2, 0.25) is 5.02 Å². The Morgan fingerprint density at radius 1 is 0.895 bits per heavy atom. The van der Waals surface area contributed by atoms with Gasteiger partial charge in [0.25, 0.3) is 0 Å². The van der Waals surface area contributed by atoms with Gasteiger partial charge >= 0.3 is 0 Å². The summed E-state index contributed by atoms with van der Waals surface area (Å²) in [6.07, 6.45) is 0. The molecule has 100 valence electrons. The van der Waals surface area contributed by atoms with Gasteiger partial charge in [0.2, 0.25) is 0 Å². The molecule has 0 aliphatic rings. The summed E-state index contributed by atoms with van der Waals surface area (Å²) in [5.74, 6) is 1.44. The van der Waals surface area contributed by atoms with Gasteiger partial charge in [-0.15, -0.1) is 0 Å². The Kier molecular flexibility index (Phi) is 4.30. The molecule has 4 heteroatoms. The zero-order valence-electron chi connectivity index (χ0n) is 10.9. The highest BCUT2D eigenvalue weighted by Crippen LogP contribution is 2.29. The predicted molar refractivity (Wildman–Crippen MR) is 77.0 cm³/mol. The maximum atomic E-state index is 6.26. The lowest BCUT2D eigenvalue weighted by atomic mass is 9.99. The molecule has 0 aliphatic heterocycles. The van der Waals surface area contributed by atoms with Crippen LogP contribution < -0.4 is 15.2 Å². The van der Waals surface area contributed by atoms with Crippen LogP contribution in [0.25, 0.3) is 0 Å². The number of hydrogen-bond acceptors (Lipinski definition) is 3. The average molecular weight is 278 g/mol. The van der Waals surface area contributed by atoms with E-state index in [4.69, 9.17) is 26.8 Å². The first kappa shape index (κ1) is 13.7. The molecule has 0 aliphatic carbocycles.